The predicted molar refractivity (Wildman–Crippen MR) is 111 cm³/mol. The summed E-state index contributed by atoms with van der Waals surface area (Å²) < 4.78 is 0. The fourth-order valence-electron chi connectivity index (χ4n) is 2.90. The number of benzene rings is 2. The van der Waals surface area contributed by atoms with E-state index in [4.69, 9.17) is 5.73 Å². The first-order valence-corrected chi connectivity index (χ1v) is 10.5. The lowest BCUT2D eigenvalue weighted by Gasteiger charge is -2.22. The second-order valence-corrected chi connectivity index (χ2v) is 8.82. The van der Waals surface area contributed by atoms with Crippen molar-refractivity contribution in [3.63, 3.8) is 0 Å². The molecule has 2 aromatic carbocycles. The summed E-state index contributed by atoms with van der Waals surface area (Å²) in [6, 6.07) is 11.8. The summed E-state index contributed by atoms with van der Waals surface area (Å²) >= 11 is 2.83. The van der Waals surface area contributed by atoms with E-state index in [1.54, 1.807) is 16.7 Å². The molecule has 3 rings (SSSR count). The fourth-order valence-corrected chi connectivity index (χ4v) is 4.89. The number of rotatable bonds is 5. The molecular weight excluding hydrogens is 398 g/mol. The van der Waals surface area contributed by atoms with Crippen LogP contribution in [-0.4, -0.2) is 34.3 Å². The lowest BCUT2D eigenvalue weighted by molar-refractivity contribution is -0.387. The van der Waals surface area contributed by atoms with Crippen LogP contribution in [0.5, 0.6) is 0 Å². The number of nitro benzene ring substituents is 1. The topological polar surface area (TPSA) is 107 Å². The summed E-state index contributed by atoms with van der Waals surface area (Å²) in [5.74, 6) is -0.784. The molecule has 1 heterocycles. The Kier molecular flexibility index (Phi) is 6.25. The number of para-hydroxylation sites is 1. The van der Waals surface area contributed by atoms with Gasteiger partial charge < -0.3 is 10.6 Å². The highest BCUT2D eigenvalue weighted by atomic mass is 32.2. The molecule has 0 saturated heterocycles. The van der Waals surface area contributed by atoms with E-state index in [1.807, 2.05) is 24.3 Å². The molecular formula is C19H19N3O4S2. The Morgan fingerprint density at radius 2 is 2.07 bits per heavy atom. The van der Waals surface area contributed by atoms with Gasteiger partial charge in [-0.1, -0.05) is 19.1 Å². The number of nitrogens with two attached hydrogens (primary N) is 1. The van der Waals surface area contributed by atoms with Crippen LogP contribution in [0.15, 0.2) is 52.3 Å². The second kappa shape index (κ2) is 8.66. The molecule has 1 aliphatic rings. The van der Waals surface area contributed by atoms with Crippen LogP contribution < -0.4 is 10.6 Å². The molecule has 28 heavy (non-hydrogen) atoms. The molecule has 9 heteroatoms. The second-order valence-electron chi connectivity index (χ2n) is 6.32. The number of fused-ring (bicyclic) bond motifs is 1. The van der Waals surface area contributed by atoms with E-state index < -0.39 is 10.8 Å². The van der Waals surface area contributed by atoms with E-state index >= 15 is 0 Å². The molecule has 1 atom stereocenters. The Labute approximate surface area is 170 Å². The highest BCUT2D eigenvalue weighted by molar-refractivity contribution is 8.00. The van der Waals surface area contributed by atoms with Crippen LogP contribution in [0.3, 0.4) is 0 Å². The normalized spacial score (nSPS) is 16.2. The van der Waals surface area contributed by atoms with E-state index in [9.17, 15) is 19.7 Å². The summed E-state index contributed by atoms with van der Waals surface area (Å²) in [7, 11) is 0. The van der Waals surface area contributed by atoms with Crippen molar-refractivity contribution in [2.24, 2.45) is 5.73 Å². The molecule has 2 amide bonds. The molecule has 0 fully saturated rings. The number of nitrogens with zero attached hydrogens (tertiary/aromatic N) is 2. The smallest absolute Gasteiger partial charge is 0.283 e. The molecule has 0 spiro atoms. The van der Waals surface area contributed by atoms with Gasteiger partial charge in [-0.15, -0.1) is 23.5 Å². The minimum atomic E-state index is -0.733. The van der Waals surface area contributed by atoms with Gasteiger partial charge in [0.05, 0.1) is 21.3 Å². The van der Waals surface area contributed by atoms with Crippen LogP contribution in [-0.2, 0) is 4.79 Å². The molecule has 2 aromatic rings. The van der Waals surface area contributed by atoms with Crippen molar-refractivity contribution in [1.82, 2.24) is 0 Å². The SMILES string of the molecule is CC1CCN(C(=O)CSc2ccc(C(N)=O)cc2[N+](=O)[O-])c2ccccc2S1. The van der Waals surface area contributed by atoms with Crippen molar-refractivity contribution in [2.75, 3.05) is 17.2 Å². The van der Waals surface area contributed by atoms with Crippen LogP contribution in [0.2, 0.25) is 0 Å². The van der Waals surface area contributed by atoms with Crippen LogP contribution in [0.1, 0.15) is 23.7 Å². The minimum absolute atomic E-state index is 0.0597. The summed E-state index contributed by atoms with van der Waals surface area (Å²) in [4.78, 5) is 38.1. The van der Waals surface area contributed by atoms with Gasteiger partial charge in [-0.25, -0.2) is 0 Å². The average Bonchev–Trinajstić information content (AvgIpc) is 2.84. The molecule has 1 aliphatic heterocycles. The Morgan fingerprint density at radius 1 is 1.32 bits per heavy atom. The zero-order valence-corrected chi connectivity index (χ0v) is 16.8. The molecule has 7 nitrogen and oxygen atoms in total. The number of amides is 2. The third-order valence-corrected chi connectivity index (χ3v) is 6.62. The van der Waals surface area contributed by atoms with Gasteiger partial charge in [0.2, 0.25) is 11.8 Å². The first-order valence-electron chi connectivity index (χ1n) is 8.64. The van der Waals surface area contributed by atoms with E-state index in [0.717, 1.165) is 34.8 Å². The van der Waals surface area contributed by atoms with Gasteiger partial charge in [0.1, 0.15) is 0 Å². The quantitative estimate of drug-likeness (QED) is 0.452. The molecule has 1 unspecified atom stereocenters. The molecule has 0 radical (unpaired) electrons. The molecule has 146 valence electrons. The van der Waals surface area contributed by atoms with Crippen LogP contribution in [0.25, 0.3) is 0 Å². The summed E-state index contributed by atoms with van der Waals surface area (Å²) in [5, 5.41) is 11.7. The number of primary amides is 1. The van der Waals surface area contributed by atoms with Crippen molar-refractivity contribution in [3.8, 4) is 0 Å². The van der Waals surface area contributed by atoms with Gasteiger partial charge in [-0.3, -0.25) is 19.7 Å². The Morgan fingerprint density at radius 3 is 2.79 bits per heavy atom. The third kappa shape index (κ3) is 4.48. The van der Waals surface area contributed by atoms with Crippen molar-refractivity contribution in [1.29, 1.82) is 0 Å². The van der Waals surface area contributed by atoms with Gasteiger partial charge in [-0.2, -0.15) is 0 Å². The molecule has 0 aliphatic carbocycles. The number of hydrogen-bond donors (Lipinski definition) is 1. The summed E-state index contributed by atoms with van der Waals surface area (Å²) in [6.45, 7) is 2.74. The molecule has 0 saturated carbocycles. The zero-order chi connectivity index (χ0) is 20.3. The first kappa shape index (κ1) is 20.2. The molecule has 2 N–H and O–H groups in total. The van der Waals surface area contributed by atoms with Crippen molar-refractivity contribution in [2.45, 2.75) is 28.4 Å². The number of carbonyl (C=O) groups is 2. The average molecular weight is 418 g/mol. The first-order chi connectivity index (χ1) is 13.4. The zero-order valence-electron chi connectivity index (χ0n) is 15.2. The molecule has 0 aromatic heterocycles. The number of hydrogen-bond acceptors (Lipinski definition) is 6. The summed E-state index contributed by atoms with van der Waals surface area (Å²) in [6.07, 6.45) is 0.864. The lowest BCUT2D eigenvalue weighted by atomic mass is 10.2. The fraction of sp³-hybridized carbons (Fsp3) is 0.263. The molecule has 0 bridgehead atoms. The van der Waals surface area contributed by atoms with Gasteiger partial charge >= 0.3 is 0 Å². The maximum atomic E-state index is 12.9. The van der Waals surface area contributed by atoms with Crippen LogP contribution in [0, 0.1) is 10.1 Å². The Bertz CT molecular complexity index is 935. The van der Waals surface area contributed by atoms with Gasteiger partial charge in [-0.05, 0) is 30.7 Å². The number of carbonyl (C=O) groups excluding carboxylic acids is 2. The van der Waals surface area contributed by atoms with Crippen molar-refractivity contribution in [3.05, 3.63) is 58.1 Å². The lowest BCUT2D eigenvalue weighted by Crippen LogP contribution is -2.33. The standard InChI is InChI=1S/C19H19N3O4S2/c1-12-8-9-21(14-4-2-3-5-17(14)28-12)18(23)11-27-16-7-6-13(19(20)24)10-15(16)22(25)26/h2-7,10,12H,8-9,11H2,1H3,(H2,20,24). The Balaban J connectivity index is 1.79. The monoisotopic (exact) mass is 417 g/mol. The highest BCUT2D eigenvalue weighted by Gasteiger charge is 2.25. The van der Waals surface area contributed by atoms with Crippen molar-refractivity contribution >= 4 is 46.7 Å². The van der Waals surface area contributed by atoms with Crippen molar-refractivity contribution < 1.29 is 14.5 Å². The number of nitro groups is 1. The third-order valence-electron chi connectivity index (χ3n) is 4.34. The van der Waals surface area contributed by atoms with Gasteiger partial charge in [0.15, 0.2) is 0 Å². The predicted octanol–water partition coefficient (Wildman–Crippen LogP) is 3.70. The number of anilines is 1. The largest absolute Gasteiger partial charge is 0.366 e. The van der Waals surface area contributed by atoms with E-state index in [0.29, 0.717) is 16.7 Å². The van der Waals surface area contributed by atoms with Crippen LogP contribution in [0.4, 0.5) is 11.4 Å². The highest BCUT2D eigenvalue weighted by Crippen LogP contribution is 2.38. The maximum absolute atomic E-state index is 12.9. The van der Waals surface area contributed by atoms with Gasteiger partial charge in [0.25, 0.3) is 5.69 Å². The van der Waals surface area contributed by atoms with Crippen LogP contribution >= 0.6 is 23.5 Å². The van der Waals surface area contributed by atoms with E-state index in [2.05, 4.69) is 6.92 Å². The van der Waals surface area contributed by atoms with E-state index in [1.165, 1.54) is 12.1 Å². The van der Waals surface area contributed by atoms with Gasteiger partial charge in [0, 0.05) is 28.3 Å². The summed E-state index contributed by atoms with van der Waals surface area (Å²) in [5.41, 5.74) is 5.91. The number of thioether (sulfide) groups is 2. The maximum Gasteiger partial charge on any atom is 0.283 e. The minimum Gasteiger partial charge on any atom is -0.366 e. The van der Waals surface area contributed by atoms with E-state index in [-0.39, 0.29) is 22.9 Å². The Hall–Kier alpha value is -2.52.